The molecule has 0 atom stereocenters. The van der Waals surface area contributed by atoms with Crippen molar-refractivity contribution < 1.29 is 13.9 Å². The van der Waals surface area contributed by atoms with Gasteiger partial charge in [-0.25, -0.2) is 4.39 Å². The molecule has 1 fully saturated rings. The van der Waals surface area contributed by atoms with Crippen LogP contribution in [0, 0.1) is 17.1 Å². The molecule has 0 aliphatic carbocycles. The van der Waals surface area contributed by atoms with Crippen LogP contribution in [0.4, 0.5) is 15.8 Å². The third-order valence-electron chi connectivity index (χ3n) is 4.50. The van der Waals surface area contributed by atoms with E-state index >= 15 is 0 Å². The molecule has 6 heteroatoms. The van der Waals surface area contributed by atoms with Crippen LogP contribution in [0.15, 0.2) is 48.0 Å². The number of nitrogens with one attached hydrogen (secondary N) is 1. The van der Waals surface area contributed by atoms with E-state index in [-0.39, 0.29) is 11.4 Å². The van der Waals surface area contributed by atoms with Gasteiger partial charge < -0.3 is 15.0 Å². The van der Waals surface area contributed by atoms with Gasteiger partial charge in [-0.3, -0.25) is 4.79 Å². The van der Waals surface area contributed by atoms with Crippen LogP contribution in [0.25, 0.3) is 6.08 Å². The molecule has 2 aromatic carbocycles. The number of benzene rings is 2. The molecule has 1 heterocycles. The summed E-state index contributed by atoms with van der Waals surface area (Å²) in [6.07, 6.45) is 3.51. The molecule has 1 N–H and O–H groups in total. The molecule has 0 aromatic heterocycles. The van der Waals surface area contributed by atoms with Gasteiger partial charge in [0.15, 0.2) is 0 Å². The topological polar surface area (TPSA) is 65.4 Å². The first-order valence-corrected chi connectivity index (χ1v) is 9.31. The Morgan fingerprint density at radius 3 is 2.75 bits per heavy atom. The van der Waals surface area contributed by atoms with E-state index in [9.17, 15) is 14.4 Å². The van der Waals surface area contributed by atoms with Crippen molar-refractivity contribution in [2.24, 2.45) is 0 Å². The Hall–Kier alpha value is -3.33. The summed E-state index contributed by atoms with van der Waals surface area (Å²) in [5.74, 6) is -0.278. The van der Waals surface area contributed by atoms with Crippen molar-refractivity contribution in [2.45, 2.75) is 19.8 Å². The van der Waals surface area contributed by atoms with E-state index in [0.29, 0.717) is 29.3 Å². The van der Waals surface area contributed by atoms with Crippen LogP contribution in [-0.4, -0.2) is 25.6 Å². The number of anilines is 2. The Bertz CT molecular complexity index is 928. The molecule has 1 saturated heterocycles. The molecule has 0 saturated carbocycles. The quantitative estimate of drug-likeness (QED) is 0.598. The van der Waals surface area contributed by atoms with Crippen molar-refractivity contribution in [2.75, 3.05) is 29.9 Å². The van der Waals surface area contributed by atoms with Crippen LogP contribution < -0.4 is 15.0 Å². The zero-order valence-corrected chi connectivity index (χ0v) is 15.7. The molecule has 0 spiro atoms. The third-order valence-corrected chi connectivity index (χ3v) is 4.50. The summed E-state index contributed by atoms with van der Waals surface area (Å²) in [5.41, 5.74) is 1.45. The normalized spacial score (nSPS) is 13.9. The molecule has 144 valence electrons. The molecule has 2 aromatic rings. The van der Waals surface area contributed by atoms with Gasteiger partial charge in [-0.05, 0) is 55.7 Å². The fraction of sp³-hybridized carbons (Fsp3) is 0.273. The number of nitrogens with zero attached hydrogens (tertiary/aromatic N) is 2. The number of halogens is 1. The maximum absolute atomic E-state index is 14.5. The standard InChI is InChI=1S/C22H22FN3O2/c1-2-28-19-7-5-6-18(14-19)25-22(27)17(15-24)12-16-8-9-21(20(23)13-16)26-10-3-4-11-26/h5-9,12-14H,2-4,10-11H2,1H3,(H,25,27)/b17-12-. The van der Waals surface area contributed by atoms with Crippen molar-refractivity contribution in [3.05, 3.63) is 59.4 Å². The number of rotatable bonds is 6. The number of hydrogen-bond donors (Lipinski definition) is 1. The van der Waals surface area contributed by atoms with Gasteiger partial charge in [-0.15, -0.1) is 0 Å². The highest BCUT2D eigenvalue weighted by Crippen LogP contribution is 2.25. The molecule has 0 bridgehead atoms. The maximum atomic E-state index is 14.5. The van der Waals surface area contributed by atoms with Gasteiger partial charge in [0.05, 0.1) is 12.3 Å². The summed E-state index contributed by atoms with van der Waals surface area (Å²) in [5, 5.41) is 12.0. The molecule has 3 rings (SSSR count). The summed E-state index contributed by atoms with van der Waals surface area (Å²) in [6.45, 7) is 4.08. The lowest BCUT2D eigenvalue weighted by Gasteiger charge is -2.18. The minimum Gasteiger partial charge on any atom is -0.494 e. The molecule has 1 amide bonds. The Morgan fingerprint density at radius 1 is 1.29 bits per heavy atom. The molecule has 1 aliphatic heterocycles. The Labute approximate surface area is 164 Å². The molecule has 28 heavy (non-hydrogen) atoms. The molecule has 0 unspecified atom stereocenters. The van der Waals surface area contributed by atoms with Gasteiger partial charge in [0.25, 0.3) is 5.91 Å². The highest BCUT2D eigenvalue weighted by molar-refractivity contribution is 6.09. The van der Waals surface area contributed by atoms with Gasteiger partial charge in [0.2, 0.25) is 0 Å². The summed E-state index contributed by atoms with van der Waals surface area (Å²) in [4.78, 5) is 14.4. The van der Waals surface area contributed by atoms with Crippen molar-refractivity contribution in [1.82, 2.24) is 0 Å². The lowest BCUT2D eigenvalue weighted by atomic mass is 10.1. The molecule has 1 aliphatic rings. The molecule has 5 nitrogen and oxygen atoms in total. The van der Waals surface area contributed by atoms with Crippen LogP contribution in [0.5, 0.6) is 5.75 Å². The lowest BCUT2D eigenvalue weighted by molar-refractivity contribution is -0.112. The number of carbonyl (C=O) groups excluding carboxylic acids is 1. The monoisotopic (exact) mass is 379 g/mol. The zero-order valence-electron chi connectivity index (χ0n) is 15.7. The number of amides is 1. The van der Waals surface area contributed by atoms with Crippen molar-refractivity contribution in [3.8, 4) is 11.8 Å². The van der Waals surface area contributed by atoms with E-state index in [0.717, 1.165) is 25.9 Å². The number of nitriles is 1. The van der Waals surface area contributed by atoms with Gasteiger partial charge in [0, 0.05) is 24.8 Å². The van der Waals surface area contributed by atoms with E-state index in [1.807, 2.05) is 17.9 Å². The number of ether oxygens (including phenoxy) is 1. The highest BCUT2D eigenvalue weighted by atomic mass is 19.1. The summed E-state index contributed by atoms with van der Waals surface area (Å²) in [7, 11) is 0. The Kier molecular flexibility index (Phi) is 6.28. The average Bonchev–Trinajstić information content (AvgIpc) is 3.21. The van der Waals surface area contributed by atoms with Gasteiger partial charge in [-0.2, -0.15) is 5.26 Å². The van der Waals surface area contributed by atoms with Gasteiger partial charge in [0.1, 0.15) is 23.2 Å². The van der Waals surface area contributed by atoms with Crippen molar-refractivity contribution >= 4 is 23.4 Å². The van der Waals surface area contributed by atoms with E-state index in [1.165, 1.54) is 12.1 Å². The average molecular weight is 379 g/mol. The van der Waals surface area contributed by atoms with E-state index in [4.69, 9.17) is 4.74 Å². The van der Waals surface area contributed by atoms with Crippen LogP contribution >= 0.6 is 0 Å². The van der Waals surface area contributed by atoms with Crippen molar-refractivity contribution in [1.29, 1.82) is 5.26 Å². The zero-order chi connectivity index (χ0) is 19.9. The van der Waals surface area contributed by atoms with E-state index in [2.05, 4.69) is 5.32 Å². The second-order valence-corrected chi connectivity index (χ2v) is 6.49. The third kappa shape index (κ3) is 4.68. The largest absolute Gasteiger partial charge is 0.494 e. The molecule has 0 radical (unpaired) electrons. The van der Waals surface area contributed by atoms with Crippen LogP contribution in [-0.2, 0) is 4.79 Å². The van der Waals surface area contributed by atoms with E-state index in [1.54, 1.807) is 36.4 Å². The van der Waals surface area contributed by atoms with Crippen LogP contribution in [0.1, 0.15) is 25.3 Å². The first-order valence-electron chi connectivity index (χ1n) is 9.31. The Balaban J connectivity index is 1.76. The van der Waals surface area contributed by atoms with Crippen molar-refractivity contribution in [3.63, 3.8) is 0 Å². The van der Waals surface area contributed by atoms with Gasteiger partial charge >= 0.3 is 0 Å². The highest BCUT2D eigenvalue weighted by Gasteiger charge is 2.16. The number of hydrogen-bond acceptors (Lipinski definition) is 4. The predicted molar refractivity (Wildman–Crippen MR) is 108 cm³/mol. The lowest BCUT2D eigenvalue weighted by Crippen LogP contribution is -2.18. The Morgan fingerprint density at radius 2 is 2.07 bits per heavy atom. The van der Waals surface area contributed by atoms with Crippen LogP contribution in [0.2, 0.25) is 0 Å². The molecular formula is C22H22FN3O2. The minimum atomic E-state index is -0.555. The first-order chi connectivity index (χ1) is 13.6. The number of carbonyl (C=O) groups is 1. The maximum Gasteiger partial charge on any atom is 0.266 e. The second-order valence-electron chi connectivity index (χ2n) is 6.49. The van der Waals surface area contributed by atoms with E-state index < -0.39 is 5.91 Å². The predicted octanol–water partition coefficient (Wildman–Crippen LogP) is 4.37. The minimum absolute atomic E-state index is 0.102. The fourth-order valence-electron chi connectivity index (χ4n) is 3.17. The first kappa shape index (κ1) is 19.4. The second kappa shape index (κ2) is 9.05. The molecular weight excluding hydrogens is 357 g/mol. The smallest absolute Gasteiger partial charge is 0.266 e. The van der Waals surface area contributed by atoms with Crippen LogP contribution in [0.3, 0.4) is 0 Å². The fourth-order valence-corrected chi connectivity index (χ4v) is 3.17. The SMILES string of the molecule is CCOc1cccc(NC(=O)/C(C#N)=C\c2ccc(N3CCCC3)c(F)c2)c1. The summed E-state index contributed by atoms with van der Waals surface area (Å²) >= 11 is 0. The van der Waals surface area contributed by atoms with Gasteiger partial charge in [-0.1, -0.05) is 12.1 Å². The summed E-state index contributed by atoms with van der Waals surface area (Å²) in [6, 6.07) is 13.6. The summed E-state index contributed by atoms with van der Waals surface area (Å²) < 4.78 is 19.9.